The van der Waals surface area contributed by atoms with Gasteiger partial charge < -0.3 is 4.72 Å². The monoisotopic (exact) mass is 161 g/mol. The molecule has 0 aromatic rings. The summed E-state index contributed by atoms with van der Waals surface area (Å²) in [5, 5.41) is 0. The molecule has 0 unspecified atom stereocenters. The average molecular weight is 161 g/mol. The quantitative estimate of drug-likeness (QED) is 0.370. The first-order chi connectivity index (χ1) is 3.56. The molecule has 0 aromatic heterocycles. The van der Waals surface area contributed by atoms with Crippen molar-refractivity contribution >= 4 is 10.3 Å². The van der Waals surface area contributed by atoms with Crippen molar-refractivity contribution in [2.24, 2.45) is 0 Å². The van der Waals surface area contributed by atoms with E-state index in [1.54, 1.807) is 6.92 Å². The Balaban J connectivity index is 0. The van der Waals surface area contributed by atoms with Crippen molar-refractivity contribution in [1.29, 1.82) is 0 Å². The fraction of sp³-hybridized carbons (Fsp3) is 1.00. The van der Waals surface area contributed by atoms with Crippen molar-refractivity contribution in [3.05, 3.63) is 4.72 Å². The molecule has 0 saturated carbocycles. The molecule has 0 spiro atoms. The number of nitrogens with zero attached hydrogens (tertiary/aromatic N) is 1. The third kappa shape index (κ3) is 12.1. The van der Waals surface area contributed by atoms with Crippen molar-refractivity contribution in [1.82, 2.24) is 0 Å². The molecule has 0 amide bonds. The predicted molar refractivity (Wildman–Crippen MR) is 30.1 cm³/mol. The molecular formula is C3H8NNaO3S. The van der Waals surface area contributed by atoms with Crippen LogP contribution in [0.5, 0.6) is 0 Å². The summed E-state index contributed by atoms with van der Waals surface area (Å²) in [6, 6.07) is 0. The maximum Gasteiger partial charge on any atom is 1.00 e. The van der Waals surface area contributed by atoms with Crippen LogP contribution in [-0.2, 0) is 10.3 Å². The summed E-state index contributed by atoms with van der Waals surface area (Å²) < 4.78 is 30.4. The van der Waals surface area contributed by atoms with Crippen LogP contribution in [0.15, 0.2) is 0 Å². The third-order valence-corrected chi connectivity index (χ3v) is 0.987. The van der Waals surface area contributed by atoms with E-state index in [4.69, 9.17) is 4.55 Å². The summed E-state index contributed by atoms with van der Waals surface area (Å²) in [5.41, 5.74) is 0. The number of hydrogen-bond acceptors (Lipinski definition) is 2. The molecule has 0 heterocycles. The fourth-order valence-corrected chi connectivity index (χ4v) is 0.620. The molecule has 50 valence electrons. The zero-order valence-corrected chi connectivity index (χ0v) is 8.35. The molecular weight excluding hydrogens is 153 g/mol. The first-order valence-electron chi connectivity index (χ1n) is 2.22. The van der Waals surface area contributed by atoms with E-state index in [0.29, 0.717) is 6.42 Å². The van der Waals surface area contributed by atoms with E-state index in [0.717, 1.165) is 0 Å². The molecule has 0 atom stereocenters. The number of rotatable bonds is 3. The smallest absolute Gasteiger partial charge is 0.525 e. The second kappa shape index (κ2) is 5.64. The Kier molecular flexibility index (Phi) is 7.86. The molecule has 0 saturated heterocycles. The van der Waals surface area contributed by atoms with Crippen LogP contribution in [0.4, 0.5) is 0 Å². The molecule has 0 aliphatic carbocycles. The first kappa shape index (κ1) is 12.5. The molecule has 4 nitrogen and oxygen atoms in total. The Morgan fingerprint density at radius 2 is 2.00 bits per heavy atom. The Morgan fingerprint density at radius 1 is 1.56 bits per heavy atom. The van der Waals surface area contributed by atoms with Gasteiger partial charge in [0.2, 0.25) is 0 Å². The minimum atomic E-state index is -4.06. The standard InChI is InChI=1S/C3H8NO3S.Na/c1-2-3-4-8(5,6)7;/h2-3H2,1H3,(H,5,6,7);/q-1;+1. The van der Waals surface area contributed by atoms with Gasteiger partial charge in [-0.05, 0) is 0 Å². The summed E-state index contributed by atoms with van der Waals surface area (Å²) in [6.07, 6.45) is 0.625. The van der Waals surface area contributed by atoms with Crippen LogP contribution in [0.1, 0.15) is 13.3 Å². The van der Waals surface area contributed by atoms with Gasteiger partial charge in [0.15, 0.2) is 10.3 Å². The molecule has 0 bridgehead atoms. The van der Waals surface area contributed by atoms with E-state index < -0.39 is 10.3 Å². The van der Waals surface area contributed by atoms with Gasteiger partial charge in [-0.3, -0.25) is 4.55 Å². The molecule has 0 fully saturated rings. The molecule has 1 N–H and O–H groups in total. The van der Waals surface area contributed by atoms with Gasteiger partial charge in [-0.2, -0.15) is 0 Å². The van der Waals surface area contributed by atoms with Gasteiger partial charge in [0.1, 0.15) is 0 Å². The molecule has 9 heavy (non-hydrogen) atoms. The zero-order valence-electron chi connectivity index (χ0n) is 5.53. The SMILES string of the molecule is CCC[N-]S(=O)(=O)O.[Na+]. The van der Waals surface area contributed by atoms with Crippen LogP contribution < -0.4 is 29.6 Å². The van der Waals surface area contributed by atoms with Gasteiger partial charge in [-0.25, -0.2) is 8.42 Å². The van der Waals surface area contributed by atoms with E-state index in [1.165, 1.54) is 0 Å². The van der Waals surface area contributed by atoms with Crippen LogP contribution in [0, 0.1) is 0 Å². The Hall–Kier alpha value is 0.870. The molecule has 0 aliphatic rings. The summed E-state index contributed by atoms with van der Waals surface area (Å²) in [6.45, 7) is 1.94. The molecule has 6 heteroatoms. The van der Waals surface area contributed by atoms with E-state index in [-0.39, 0.29) is 36.1 Å². The fourth-order valence-electron chi connectivity index (χ4n) is 0.207. The van der Waals surface area contributed by atoms with Crippen LogP contribution in [0.3, 0.4) is 0 Å². The third-order valence-electron chi connectivity index (χ3n) is 0.478. The molecule has 0 aromatic carbocycles. The van der Waals surface area contributed by atoms with Gasteiger partial charge in [0.05, 0.1) is 0 Å². The Labute approximate surface area is 77.2 Å². The van der Waals surface area contributed by atoms with E-state index in [1.807, 2.05) is 0 Å². The Bertz CT molecular complexity index is 143. The van der Waals surface area contributed by atoms with E-state index >= 15 is 0 Å². The van der Waals surface area contributed by atoms with Gasteiger partial charge in [-0.15, -0.1) is 6.54 Å². The summed E-state index contributed by atoms with van der Waals surface area (Å²) in [4.78, 5) is 0. The maximum absolute atomic E-state index is 9.78. The van der Waals surface area contributed by atoms with Gasteiger partial charge >= 0.3 is 29.6 Å². The first-order valence-corrected chi connectivity index (χ1v) is 3.62. The maximum atomic E-state index is 9.78. The second-order valence-electron chi connectivity index (χ2n) is 1.30. The van der Waals surface area contributed by atoms with Crippen molar-refractivity contribution in [3.63, 3.8) is 0 Å². The summed E-state index contributed by atoms with van der Waals surface area (Å²) in [5.74, 6) is 0. The van der Waals surface area contributed by atoms with Crippen LogP contribution in [0.2, 0.25) is 0 Å². The summed E-state index contributed by atoms with van der Waals surface area (Å²) >= 11 is 0. The van der Waals surface area contributed by atoms with Crippen LogP contribution >= 0.6 is 0 Å². The normalized spacial score (nSPS) is 10.4. The average Bonchev–Trinajstić information content (AvgIpc) is 1.59. The second-order valence-corrected chi connectivity index (χ2v) is 2.45. The number of hydrogen-bond donors (Lipinski definition) is 1. The molecule has 0 radical (unpaired) electrons. The van der Waals surface area contributed by atoms with Crippen molar-refractivity contribution in [2.45, 2.75) is 13.3 Å². The van der Waals surface area contributed by atoms with Gasteiger partial charge in [0.25, 0.3) is 0 Å². The van der Waals surface area contributed by atoms with Gasteiger partial charge in [-0.1, -0.05) is 13.3 Å². The van der Waals surface area contributed by atoms with E-state index in [2.05, 4.69) is 4.72 Å². The van der Waals surface area contributed by atoms with Crippen LogP contribution in [-0.4, -0.2) is 19.5 Å². The molecule has 0 aliphatic heterocycles. The molecule has 0 rings (SSSR count). The summed E-state index contributed by atoms with van der Waals surface area (Å²) in [7, 11) is -4.06. The van der Waals surface area contributed by atoms with Crippen molar-refractivity contribution in [3.8, 4) is 0 Å². The Morgan fingerprint density at radius 3 is 2.11 bits per heavy atom. The minimum absolute atomic E-state index is 0. The zero-order chi connectivity index (χ0) is 6.62. The minimum Gasteiger partial charge on any atom is -0.525 e. The van der Waals surface area contributed by atoms with E-state index in [9.17, 15) is 8.42 Å². The van der Waals surface area contributed by atoms with Crippen molar-refractivity contribution in [2.75, 3.05) is 6.54 Å². The van der Waals surface area contributed by atoms with Gasteiger partial charge in [0, 0.05) is 0 Å². The largest absolute Gasteiger partial charge is 1.00 e. The van der Waals surface area contributed by atoms with Crippen LogP contribution in [0.25, 0.3) is 4.72 Å². The predicted octanol–water partition coefficient (Wildman–Crippen LogP) is -2.42. The van der Waals surface area contributed by atoms with Crippen molar-refractivity contribution < 1.29 is 42.5 Å². The topological polar surface area (TPSA) is 68.5 Å².